The van der Waals surface area contributed by atoms with Gasteiger partial charge in [0.1, 0.15) is 17.7 Å². The van der Waals surface area contributed by atoms with E-state index in [1.807, 2.05) is 19.1 Å². The normalized spacial score (nSPS) is 18.5. The highest BCUT2D eigenvalue weighted by atomic mass is 32.2. The number of aromatic amines is 2. The minimum atomic E-state index is -3.88. The first kappa shape index (κ1) is 32.8. The molecule has 0 aliphatic heterocycles. The third-order valence-electron chi connectivity index (χ3n) is 8.43. The van der Waals surface area contributed by atoms with Gasteiger partial charge in [-0.2, -0.15) is 4.31 Å². The molecule has 1 unspecified atom stereocenters. The molecule has 1 fully saturated rings. The highest BCUT2D eigenvalue weighted by molar-refractivity contribution is 7.89. The van der Waals surface area contributed by atoms with Gasteiger partial charge >= 0.3 is 5.97 Å². The van der Waals surface area contributed by atoms with Gasteiger partial charge in [0, 0.05) is 43.4 Å². The van der Waals surface area contributed by atoms with Crippen LogP contribution in [-0.4, -0.2) is 84.7 Å². The van der Waals surface area contributed by atoms with Crippen LogP contribution in [-0.2, 0) is 34.5 Å². The van der Waals surface area contributed by atoms with Crippen LogP contribution >= 0.6 is 0 Å². The van der Waals surface area contributed by atoms with Gasteiger partial charge in [-0.05, 0) is 75.7 Å². The number of nitrogens with zero attached hydrogens (tertiary/aromatic N) is 5. The summed E-state index contributed by atoms with van der Waals surface area (Å²) in [7, 11) is -3.88. The van der Waals surface area contributed by atoms with Gasteiger partial charge in [-0.25, -0.2) is 18.4 Å². The summed E-state index contributed by atoms with van der Waals surface area (Å²) in [5, 5.41) is 10.1. The minimum absolute atomic E-state index is 0.0684. The molecule has 2 aromatic heterocycles. The van der Waals surface area contributed by atoms with E-state index in [0.717, 1.165) is 57.2 Å². The Bertz CT molecular complexity index is 1300. The molecule has 0 bridgehead atoms. The second-order valence-corrected chi connectivity index (χ2v) is 13.4. The van der Waals surface area contributed by atoms with Crippen molar-refractivity contribution < 1.29 is 18.3 Å². The number of carboxylic acids is 1. The van der Waals surface area contributed by atoms with Crippen molar-refractivity contribution in [1.29, 1.82) is 0 Å². The Balaban J connectivity index is 1.50. The molecule has 0 spiro atoms. The predicted octanol–water partition coefficient (Wildman–Crippen LogP) is 4.62. The van der Waals surface area contributed by atoms with E-state index < -0.39 is 22.0 Å². The van der Waals surface area contributed by atoms with Crippen LogP contribution in [0.2, 0.25) is 0 Å². The smallest absolute Gasteiger partial charge is 0.320 e. The molecule has 1 atom stereocenters. The Morgan fingerprint density at radius 1 is 0.884 bits per heavy atom. The van der Waals surface area contributed by atoms with E-state index in [4.69, 9.17) is 0 Å². The molecule has 3 aromatic rings. The molecule has 12 heteroatoms. The van der Waals surface area contributed by atoms with E-state index >= 15 is 0 Å². The van der Waals surface area contributed by atoms with Gasteiger partial charge in [0.25, 0.3) is 0 Å². The number of hydrogen-bond acceptors (Lipinski definition) is 7. The highest BCUT2D eigenvalue weighted by Gasteiger charge is 2.34. The van der Waals surface area contributed by atoms with Gasteiger partial charge in [0.2, 0.25) is 10.0 Å². The number of imidazole rings is 2. The number of aromatic nitrogens is 4. The predicted molar refractivity (Wildman–Crippen MR) is 166 cm³/mol. The van der Waals surface area contributed by atoms with Crippen molar-refractivity contribution in [2.24, 2.45) is 0 Å². The van der Waals surface area contributed by atoms with Gasteiger partial charge in [-0.15, -0.1) is 0 Å². The van der Waals surface area contributed by atoms with Crippen LogP contribution in [0, 0.1) is 0 Å². The average molecular weight is 614 g/mol. The Morgan fingerprint density at radius 3 is 1.86 bits per heavy atom. The summed E-state index contributed by atoms with van der Waals surface area (Å²) in [6, 6.07) is 6.98. The molecule has 0 saturated heterocycles. The van der Waals surface area contributed by atoms with Gasteiger partial charge < -0.3 is 20.0 Å². The molecular weight excluding hydrogens is 566 g/mol. The molecule has 1 aromatic carbocycles. The summed E-state index contributed by atoms with van der Waals surface area (Å²) in [6.07, 6.45) is 13.3. The average Bonchev–Trinajstić information content (AvgIpc) is 3.72. The zero-order valence-corrected chi connectivity index (χ0v) is 26.5. The van der Waals surface area contributed by atoms with Crippen LogP contribution < -0.4 is 0 Å². The fourth-order valence-electron chi connectivity index (χ4n) is 6.31. The van der Waals surface area contributed by atoms with Crippen molar-refractivity contribution in [3.8, 4) is 0 Å². The van der Waals surface area contributed by atoms with Crippen molar-refractivity contribution >= 4 is 16.0 Å². The van der Waals surface area contributed by atoms with Crippen molar-refractivity contribution in [2.45, 2.75) is 108 Å². The molecule has 1 aliphatic carbocycles. The number of rotatable bonds is 17. The van der Waals surface area contributed by atoms with Crippen molar-refractivity contribution in [2.75, 3.05) is 13.1 Å². The molecule has 3 N–H and O–H groups in total. The van der Waals surface area contributed by atoms with Crippen molar-refractivity contribution in [3.63, 3.8) is 0 Å². The van der Waals surface area contributed by atoms with Crippen molar-refractivity contribution in [3.05, 3.63) is 66.3 Å². The Hall–Kier alpha value is -3.06. The zero-order valence-electron chi connectivity index (χ0n) is 25.7. The molecule has 1 aliphatic rings. The number of aliphatic carboxylic acids is 1. The van der Waals surface area contributed by atoms with Crippen LogP contribution in [0.25, 0.3) is 0 Å². The number of benzene rings is 1. The lowest BCUT2D eigenvalue weighted by atomic mass is 9.87. The quantitative estimate of drug-likeness (QED) is 0.201. The second kappa shape index (κ2) is 15.6. The van der Waals surface area contributed by atoms with E-state index in [-0.39, 0.29) is 24.0 Å². The number of H-pyrrole nitrogens is 2. The van der Waals surface area contributed by atoms with Gasteiger partial charge in [0.15, 0.2) is 0 Å². The maximum atomic E-state index is 13.7. The number of hydrogen-bond donors (Lipinski definition) is 3. The maximum Gasteiger partial charge on any atom is 0.320 e. The van der Waals surface area contributed by atoms with Crippen LogP contribution in [0.1, 0.15) is 82.9 Å². The van der Waals surface area contributed by atoms with Crippen LogP contribution in [0.15, 0.2) is 53.9 Å². The van der Waals surface area contributed by atoms with Crippen LogP contribution in [0.4, 0.5) is 0 Å². The first-order chi connectivity index (χ1) is 20.8. The molecule has 0 radical (unpaired) electrons. The van der Waals surface area contributed by atoms with E-state index in [9.17, 15) is 18.3 Å². The summed E-state index contributed by atoms with van der Waals surface area (Å²) in [5.41, 5.74) is 0.892. The van der Waals surface area contributed by atoms with Gasteiger partial charge in [-0.1, -0.05) is 32.9 Å². The first-order valence-corrected chi connectivity index (χ1v) is 17.0. The van der Waals surface area contributed by atoms with E-state index in [1.165, 1.54) is 4.31 Å². The second-order valence-electron chi connectivity index (χ2n) is 11.4. The first-order valence-electron chi connectivity index (χ1n) is 15.5. The van der Waals surface area contributed by atoms with E-state index in [0.29, 0.717) is 30.7 Å². The monoisotopic (exact) mass is 613 g/mol. The molecule has 43 heavy (non-hydrogen) atoms. The molecule has 11 nitrogen and oxygen atoms in total. The molecule has 1 saturated carbocycles. The molecular formula is C31H47N7O4S. The Labute approximate surface area is 255 Å². The fourth-order valence-corrected chi connectivity index (χ4v) is 7.67. The standard InChI is InChI=1S/C31H47N7O4S/c1-4-19-36(20-5-2)25-9-11-26(12-10-25)38(28(6-3)31(39)40)21-24-7-13-27(14-8-24)43(41,42)37(22-29-32-15-16-33-29)23-30-34-17-18-35-30/h7-8,13-18,25-26,28H,4-6,9-12,19-23H2,1-3H3,(H,32,33)(H,34,35)(H,39,40). The van der Waals surface area contributed by atoms with Crippen LogP contribution in [0.5, 0.6) is 0 Å². The van der Waals surface area contributed by atoms with E-state index in [2.05, 4.69) is 43.6 Å². The SMILES string of the molecule is CCCN(CCC)C1CCC(N(Cc2ccc(S(=O)(=O)N(Cc3ncc[nH]3)Cc3ncc[nH]3)cc2)C(CC)C(=O)O)CC1. The number of carboxylic acid groups (broad SMARTS) is 1. The highest BCUT2D eigenvalue weighted by Crippen LogP contribution is 2.30. The lowest BCUT2D eigenvalue weighted by Gasteiger charge is -2.42. The third kappa shape index (κ3) is 8.53. The molecule has 236 valence electrons. The number of sulfonamides is 1. The maximum absolute atomic E-state index is 13.7. The summed E-state index contributed by atoms with van der Waals surface area (Å²) in [6.45, 7) is 9.17. The summed E-state index contributed by atoms with van der Waals surface area (Å²) in [4.78, 5) is 31.6. The Kier molecular flexibility index (Phi) is 11.9. The summed E-state index contributed by atoms with van der Waals surface area (Å²) in [5.74, 6) is 0.252. The number of carbonyl (C=O) groups is 1. The van der Waals surface area contributed by atoms with E-state index in [1.54, 1.807) is 36.9 Å². The fraction of sp³-hybridized carbons (Fsp3) is 0.581. The number of nitrogens with one attached hydrogen (secondary N) is 2. The topological polar surface area (TPSA) is 139 Å². The lowest BCUT2D eigenvalue weighted by Crippen LogP contribution is -2.50. The Morgan fingerprint density at radius 2 is 1.42 bits per heavy atom. The molecule has 4 rings (SSSR count). The lowest BCUT2D eigenvalue weighted by molar-refractivity contribution is -0.145. The summed E-state index contributed by atoms with van der Waals surface area (Å²) >= 11 is 0. The van der Waals surface area contributed by atoms with Gasteiger partial charge in [-0.3, -0.25) is 9.69 Å². The minimum Gasteiger partial charge on any atom is -0.480 e. The van der Waals surface area contributed by atoms with Gasteiger partial charge in [0.05, 0.1) is 18.0 Å². The zero-order chi connectivity index (χ0) is 30.8. The molecule has 2 heterocycles. The summed E-state index contributed by atoms with van der Waals surface area (Å²) < 4.78 is 28.8. The third-order valence-corrected chi connectivity index (χ3v) is 10.2. The largest absolute Gasteiger partial charge is 0.480 e. The van der Waals surface area contributed by atoms with Crippen molar-refractivity contribution in [1.82, 2.24) is 34.0 Å². The molecule has 0 amide bonds. The van der Waals surface area contributed by atoms with Crippen LogP contribution in [0.3, 0.4) is 0 Å².